The van der Waals surface area contributed by atoms with E-state index in [0.29, 0.717) is 5.69 Å². The number of nitrogens with zero attached hydrogens (tertiary/aromatic N) is 3. The van der Waals surface area contributed by atoms with Crippen molar-refractivity contribution in [2.24, 2.45) is 0 Å². The van der Waals surface area contributed by atoms with Crippen LogP contribution in [0.2, 0.25) is 0 Å². The first-order valence-electron chi connectivity index (χ1n) is 7.32. The maximum atomic E-state index is 12.4. The van der Waals surface area contributed by atoms with Gasteiger partial charge in [0.05, 0.1) is 18.0 Å². The van der Waals surface area contributed by atoms with Crippen LogP contribution in [0.15, 0.2) is 24.3 Å². The number of amides is 1. The molecule has 24 heavy (non-hydrogen) atoms. The van der Waals surface area contributed by atoms with Crippen molar-refractivity contribution in [2.75, 3.05) is 13.7 Å². The highest BCUT2D eigenvalue weighted by molar-refractivity contribution is 5.97. The highest BCUT2D eigenvalue weighted by Gasteiger charge is 2.36. The van der Waals surface area contributed by atoms with Gasteiger partial charge >= 0.3 is 5.97 Å². The number of nitrogens with one attached hydrogen (secondary N) is 1. The van der Waals surface area contributed by atoms with Gasteiger partial charge in [0, 0.05) is 7.11 Å². The van der Waals surface area contributed by atoms with E-state index in [1.54, 1.807) is 6.92 Å². The second-order valence-electron chi connectivity index (χ2n) is 5.80. The number of aromatic nitrogens is 3. The van der Waals surface area contributed by atoms with Crippen LogP contribution in [0.5, 0.6) is 0 Å². The predicted molar refractivity (Wildman–Crippen MR) is 86.2 cm³/mol. The number of rotatable bonds is 6. The summed E-state index contributed by atoms with van der Waals surface area (Å²) in [5.74, 6) is -1.81. The SMILES string of the molecule is COCC(C)(NC(=O)c1nnn(-c2ccc(C)cc2)c1C)C(=O)O. The molecule has 1 aromatic carbocycles. The van der Waals surface area contributed by atoms with Crippen LogP contribution in [-0.4, -0.2) is 51.2 Å². The molecule has 0 radical (unpaired) electrons. The van der Waals surface area contributed by atoms with Crippen LogP contribution in [0.4, 0.5) is 0 Å². The summed E-state index contributed by atoms with van der Waals surface area (Å²) >= 11 is 0. The molecule has 1 amide bonds. The van der Waals surface area contributed by atoms with Crippen molar-refractivity contribution in [1.82, 2.24) is 20.3 Å². The Morgan fingerprint density at radius 3 is 2.46 bits per heavy atom. The van der Waals surface area contributed by atoms with E-state index < -0.39 is 17.4 Å². The third kappa shape index (κ3) is 3.43. The lowest BCUT2D eigenvalue weighted by molar-refractivity contribution is -0.145. The molecule has 0 aliphatic heterocycles. The van der Waals surface area contributed by atoms with Crippen LogP contribution >= 0.6 is 0 Å². The Morgan fingerprint density at radius 1 is 1.29 bits per heavy atom. The fourth-order valence-corrected chi connectivity index (χ4v) is 2.22. The fraction of sp³-hybridized carbons (Fsp3) is 0.375. The van der Waals surface area contributed by atoms with Gasteiger partial charge in [-0.2, -0.15) is 0 Å². The number of carbonyl (C=O) groups excluding carboxylic acids is 1. The van der Waals surface area contributed by atoms with Crippen LogP contribution in [0.1, 0.15) is 28.7 Å². The second kappa shape index (κ2) is 6.79. The lowest BCUT2D eigenvalue weighted by atomic mass is 10.0. The monoisotopic (exact) mass is 332 g/mol. The number of aliphatic carboxylic acids is 1. The van der Waals surface area contributed by atoms with Crippen molar-refractivity contribution in [3.05, 3.63) is 41.2 Å². The smallest absolute Gasteiger partial charge is 0.331 e. The molecular weight excluding hydrogens is 312 g/mol. The van der Waals surface area contributed by atoms with Crippen LogP contribution in [0, 0.1) is 13.8 Å². The van der Waals surface area contributed by atoms with E-state index in [1.165, 1.54) is 18.7 Å². The fourth-order valence-electron chi connectivity index (χ4n) is 2.22. The van der Waals surface area contributed by atoms with Crippen molar-refractivity contribution in [3.8, 4) is 5.69 Å². The number of carboxylic acid groups (broad SMARTS) is 1. The standard InChI is InChI=1S/C16H20N4O4/c1-10-5-7-12(8-6-10)20-11(2)13(18-19-20)14(21)17-16(3,9-24-4)15(22)23/h5-8H,9H2,1-4H3,(H,17,21)(H,22,23). The molecule has 1 atom stereocenters. The zero-order valence-electron chi connectivity index (χ0n) is 14.0. The number of carboxylic acids is 1. The minimum absolute atomic E-state index is 0.0687. The predicted octanol–water partition coefficient (Wildman–Crippen LogP) is 1.10. The highest BCUT2D eigenvalue weighted by Crippen LogP contribution is 2.14. The van der Waals surface area contributed by atoms with Gasteiger partial charge in [-0.25, -0.2) is 9.48 Å². The number of carbonyl (C=O) groups is 2. The molecule has 0 fully saturated rings. The molecule has 0 aliphatic rings. The van der Waals surface area contributed by atoms with Gasteiger partial charge in [0.2, 0.25) is 0 Å². The molecule has 8 nitrogen and oxygen atoms in total. The summed E-state index contributed by atoms with van der Waals surface area (Å²) in [5.41, 5.74) is 0.904. The first-order chi connectivity index (χ1) is 11.3. The van der Waals surface area contributed by atoms with E-state index in [4.69, 9.17) is 4.74 Å². The van der Waals surface area contributed by atoms with Crippen LogP contribution in [-0.2, 0) is 9.53 Å². The summed E-state index contributed by atoms with van der Waals surface area (Å²) in [4.78, 5) is 23.8. The largest absolute Gasteiger partial charge is 0.479 e. The number of aryl methyl sites for hydroxylation is 1. The molecule has 0 saturated heterocycles. The molecule has 1 heterocycles. The Balaban J connectivity index is 2.28. The second-order valence-corrected chi connectivity index (χ2v) is 5.80. The molecule has 8 heteroatoms. The van der Waals surface area contributed by atoms with Gasteiger partial charge in [0.25, 0.3) is 5.91 Å². The lowest BCUT2D eigenvalue weighted by Gasteiger charge is -2.24. The summed E-state index contributed by atoms with van der Waals surface area (Å²) in [6, 6.07) is 7.59. The molecule has 2 aromatic rings. The Labute approximate surface area is 139 Å². The van der Waals surface area contributed by atoms with Crippen LogP contribution in [0.3, 0.4) is 0 Å². The van der Waals surface area contributed by atoms with E-state index in [9.17, 15) is 14.7 Å². The van der Waals surface area contributed by atoms with E-state index in [2.05, 4.69) is 15.6 Å². The van der Waals surface area contributed by atoms with E-state index in [0.717, 1.165) is 11.3 Å². The minimum atomic E-state index is -1.55. The van der Waals surface area contributed by atoms with Crippen molar-refractivity contribution in [3.63, 3.8) is 0 Å². The van der Waals surface area contributed by atoms with Gasteiger partial charge in [-0.1, -0.05) is 22.9 Å². The maximum absolute atomic E-state index is 12.4. The highest BCUT2D eigenvalue weighted by atomic mass is 16.5. The number of methoxy groups -OCH3 is 1. The minimum Gasteiger partial charge on any atom is -0.479 e. The third-order valence-electron chi connectivity index (χ3n) is 3.68. The summed E-state index contributed by atoms with van der Waals surface area (Å²) < 4.78 is 6.41. The number of benzene rings is 1. The normalized spacial score (nSPS) is 13.3. The maximum Gasteiger partial charge on any atom is 0.331 e. The zero-order chi connectivity index (χ0) is 17.9. The van der Waals surface area contributed by atoms with Crippen molar-refractivity contribution >= 4 is 11.9 Å². The summed E-state index contributed by atoms with van der Waals surface area (Å²) in [5, 5.41) is 19.6. The molecular formula is C16H20N4O4. The zero-order valence-corrected chi connectivity index (χ0v) is 14.0. The van der Waals surface area contributed by atoms with Crippen LogP contribution in [0.25, 0.3) is 5.69 Å². The molecule has 1 unspecified atom stereocenters. The number of hydrogen-bond acceptors (Lipinski definition) is 5. The molecule has 0 spiro atoms. The third-order valence-corrected chi connectivity index (χ3v) is 3.68. The van der Waals surface area contributed by atoms with Gasteiger partial charge in [-0.3, -0.25) is 4.79 Å². The molecule has 2 rings (SSSR count). The lowest BCUT2D eigenvalue weighted by Crippen LogP contribution is -2.55. The van der Waals surface area contributed by atoms with Gasteiger partial charge in [-0.05, 0) is 32.9 Å². The molecule has 128 valence electrons. The molecule has 0 bridgehead atoms. The Hall–Kier alpha value is -2.74. The van der Waals surface area contributed by atoms with Crippen molar-refractivity contribution in [1.29, 1.82) is 0 Å². The summed E-state index contributed by atoms with van der Waals surface area (Å²) in [6.07, 6.45) is 0. The number of ether oxygens (including phenoxy) is 1. The first kappa shape index (κ1) is 17.6. The molecule has 2 N–H and O–H groups in total. The first-order valence-corrected chi connectivity index (χ1v) is 7.32. The van der Waals surface area contributed by atoms with Crippen LogP contribution < -0.4 is 5.32 Å². The van der Waals surface area contributed by atoms with E-state index in [-0.39, 0.29) is 12.3 Å². The van der Waals surface area contributed by atoms with Crippen molar-refractivity contribution < 1.29 is 19.4 Å². The summed E-state index contributed by atoms with van der Waals surface area (Å²) in [6.45, 7) is 4.87. The average molecular weight is 332 g/mol. The topological polar surface area (TPSA) is 106 Å². The summed E-state index contributed by atoms with van der Waals surface area (Å²) in [7, 11) is 1.37. The quantitative estimate of drug-likeness (QED) is 0.820. The molecule has 1 aromatic heterocycles. The number of hydrogen-bond donors (Lipinski definition) is 2. The molecule has 0 saturated carbocycles. The Bertz CT molecular complexity index is 754. The Kier molecular flexibility index (Phi) is 4.99. The van der Waals surface area contributed by atoms with Gasteiger partial charge < -0.3 is 15.2 Å². The Morgan fingerprint density at radius 2 is 1.92 bits per heavy atom. The van der Waals surface area contributed by atoms with Gasteiger partial charge in [0.1, 0.15) is 0 Å². The van der Waals surface area contributed by atoms with E-state index >= 15 is 0 Å². The van der Waals surface area contributed by atoms with Crippen molar-refractivity contribution in [2.45, 2.75) is 26.3 Å². The van der Waals surface area contributed by atoms with Gasteiger partial charge in [0.15, 0.2) is 11.2 Å². The molecule has 0 aliphatic carbocycles. The van der Waals surface area contributed by atoms with E-state index in [1.807, 2.05) is 31.2 Å². The van der Waals surface area contributed by atoms with Gasteiger partial charge in [-0.15, -0.1) is 5.10 Å². The average Bonchev–Trinajstić information content (AvgIpc) is 2.90.